The van der Waals surface area contributed by atoms with E-state index in [4.69, 9.17) is 4.74 Å². The zero-order valence-corrected chi connectivity index (χ0v) is 14.1. The second-order valence-corrected chi connectivity index (χ2v) is 5.65. The Morgan fingerprint density at radius 2 is 1.75 bits per heavy atom. The van der Waals surface area contributed by atoms with Crippen LogP contribution in [0.15, 0.2) is 23.3 Å². The molecular weight excluding hydrogens is 323 g/mol. The molecule has 0 aliphatic carbocycles. The van der Waals surface area contributed by atoms with Crippen LogP contribution in [0.25, 0.3) is 0 Å². The van der Waals surface area contributed by atoms with Crippen molar-refractivity contribution in [3.63, 3.8) is 0 Å². The zero-order valence-electron chi connectivity index (χ0n) is 14.1. The minimum absolute atomic E-state index is 0.159. The molecule has 0 bridgehead atoms. The van der Waals surface area contributed by atoms with Crippen LogP contribution in [-0.2, 0) is 0 Å². The first-order valence-corrected chi connectivity index (χ1v) is 7.38. The lowest BCUT2D eigenvalue weighted by molar-refractivity contribution is -0.432. The molecule has 0 aromatic heterocycles. The minimum atomic E-state index is -1.66. The number of benzene rings is 1. The molecule has 7 heteroatoms. The number of nitrogens with zero attached hydrogens (tertiary/aromatic N) is 1. The molecule has 1 N–H and O–H groups in total. The number of ether oxygens (including phenoxy) is 1. The van der Waals surface area contributed by atoms with E-state index in [1.54, 1.807) is 6.08 Å². The van der Waals surface area contributed by atoms with Gasteiger partial charge in [0.2, 0.25) is 23.2 Å². The Labute approximate surface area is 138 Å². The molecular formula is C17H21F3NO3+. The van der Waals surface area contributed by atoms with Gasteiger partial charge in [-0.3, -0.25) is 0 Å². The number of nitroso groups, excluding NO2 is 1. The van der Waals surface area contributed by atoms with Crippen molar-refractivity contribution in [1.82, 2.24) is 0 Å². The second kappa shape index (κ2) is 8.52. The van der Waals surface area contributed by atoms with Crippen LogP contribution in [0.1, 0.15) is 33.6 Å². The monoisotopic (exact) mass is 344 g/mol. The topological polar surface area (TPSA) is 49.5 Å². The maximum absolute atomic E-state index is 13.9. The minimum Gasteiger partial charge on any atom is -0.500 e. The highest BCUT2D eigenvalue weighted by atomic mass is 19.2. The predicted molar refractivity (Wildman–Crippen MR) is 85.1 cm³/mol. The number of hydrogen-bond acceptors (Lipinski definition) is 3. The Bertz CT molecular complexity index is 664. The van der Waals surface area contributed by atoms with Crippen molar-refractivity contribution in [3.05, 3.63) is 45.7 Å². The number of hydrogen-bond donors (Lipinski definition) is 1. The summed E-state index contributed by atoms with van der Waals surface area (Å²) in [5.74, 6) is -7.17. The van der Waals surface area contributed by atoms with Gasteiger partial charge in [-0.05, 0) is 39.7 Å². The number of phenols is 1. The van der Waals surface area contributed by atoms with Gasteiger partial charge in [0.05, 0.1) is 0 Å². The Morgan fingerprint density at radius 3 is 2.29 bits per heavy atom. The van der Waals surface area contributed by atoms with Crippen LogP contribution in [0.4, 0.5) is 18.9 Å². The Morgan fingerprint density at radius 1 is 1.12 bits per heavy atom. The SMILES string of the molecule is CC(C)=CCC/C(C)=C/COc1c(F)c(O)c([N+](C)=O)c(F)c1F. The van der Waals surface area contributed by atoms with Gasteiger partial charge in [-0.15, -0.1) is 0 Å². The summed E-state index contributed by atoms with van der Waals surface area (Å²) >= 11 is 0. The summed E-state index contributed by atoms with van der Waals surface area (Å²) in [5.41, 5.74) is 1.03. The average molecular weight is 344 g/mol. The summed E-state index contributed by atoms with van der Waals surface area (Å²) in [4.78, 5) is 11.1. The van der Waals surface area contributed by atoms with Crippen molar-refractivity contribution in [2.24, 2.45) is 0 Å². The van der Waals surface area contributed by atoms with Crippen LogP contribution in [0.5, 0.6) is 11.5 Å². The van der Waals surface area contributed by atoms with Gasteiger partial charge >= 0.3 is 5.69 Å². The molecule has 4 nitrogen and oxygen atoms in total. The molecule has 0 saturated heterocycles. The fourth-order valence-electron chi connectivity index (χ4n) is 1.99. The van der Waals surface area contributed by atoms with Gasteiger partial charge in [0.15, 0.2) is 12.8 Å². The van der Waals surface area contributed by atoms with E-state index in [9.17, 15) is 23.2 Å². The Balaban J connectivity index is 2.90. The highest BCUT2D eigenvalue weighted by Gasteiger charge is 2.33. The fourth-order valence-corrected chi connectivity index (χ4v) is 1.99. The van der Waals surface area contributed by atoms with Crippen molar-refractivity contribution in [1.29, 1.82) is 0 Å². The molecule has 0 fully saturated rings. The third-order valence-electron chi connectivity index (χ3n) is 3.30. The molecule has 1 rings (SSSR count). The van der Waals surface area contributed by atoms with Crippen molar-refractivity contribution in [2.75, 3.05) is 13.7 Å². The van der Waals surface area contributed by atoms with Gasteiger partial charge in [-0.1, -0.05) is 17.2 Å². The number of phenolic OH excluding ortho intramolecular Hbond substituents is 1. The molecule has 132 valence electrons. The normalized spacial score (nSPS) is 11.4. The van der Waals surface area contributed by atoms with Crippen LogP contribution < -0.4 is 4.74 Å². The van der Waals surface area contributed by atoms with Gasteiger partial charge < -0.3 is 9.84 Å². The number of rotatable bonds is 7. The summed E-state index contributed by atoms with van der Waals surface area (Å²) in [6, 6.07) is 0. The summed E-state index contributed by atoms with van der Waals surface area (Å²) in [6.45, 7) is 5.61. The first kappa shape index (κ1) is 19.7. The molecule has 1 aromatic carbocycles. The molecule has 0 atom stereocenters. The van der Waals surface area contributed by atoms with Crippen LogP contribution in [0.2, 0.25) is 0 Å². The number of allylic oxidation sites excluding steroid dienone is 3. The lowest BCUT2D eigenvalue weighted by atomic mass is 10.1. The smallest absolute Gasteiger partial charge is 0.338 e. The summed E-state index contributed by atoms with van der Waals surface area (Å²) in [6.07, 6.45) is 5.25. The van der Waals surface area contributed by atoms with Gasteiger partial charge in [0, 0.05) is 9.67 Å². The van der Waals surface area contributed by atoms with Crippen molar-refractivity contribution >= 4 is 5.69 Å². The van der Waals surface area contributed by atoms with Crippen LogP contribution in [-0.4, -0.2) is 23.5 Å². The molecule has 0 saturated carbocycles. The molecule has 0 aliphatic heterocycles. The molecule has 0 amide bonds. The Hall–Kier alpha value is -2.31. The lowest BCUT2D eigenvalue weighted by Crippen LogP contribution is -2.06. The van der Waals surface area contributed by atoms with E-state index in [1.165, 1.54) is 5.57 Å². The Kier molecular flexibility index (Phi) is 7.00. The van der Waals surface area contributed by atoms with Gasteiger partial charge in [0.1, 0.15) is 6.61 Å². The van der Waals surface area contributed by atoms with E-state index in [-0.39, 0.29) is 11.4 Å². The summed E-state index contributed by atoms with van der Waals surface area (Å²) < 4.78 is 46.2. The number of halogens is 3. The number of aromatic hydroxyl groups is 1. The first-order valence-electron chi connectivity index (χ1n) is 7.38. The third kappa shape index (κ3) is 4.84. The van der Waals surface area contributed by atoms with E-state index >= 15 is 0 Å². The van der Waals surface area contributed by atoms with E-state index in [0.717, 1.165) is 25.5 Å². The van der Waals surface area contributed by atoms with E-state index in [2.05, 4.69) is 6.08 Å². The van der Waals surface area contributed by atoms with Crippen LogP contribution in [0.3, 0.4) is 0 Å². The highest BCUT2D eigenvalue weighted by molar-refractivity contribution is 5.53. The zero-order chi connectivity index (χ0) is 18.4. The maximum Gasteiger partial charge on any atom is 0.338 e. The van der Waals surface area contributed by atoms with Crippen LogP contribution in [0, 0.1) is 22.4 Å². The molecule has 0 radical (unpaired) electrons. The quantitative estimate of drug-likeness (QED) is 0.434. The van der Waals surface area contributed by atoms with Crippen molar-refractivity contribution in [3.8, 4) is 11.5 Å². The predicted octanol–water partition coefficient (Wildman–Crippen LogP) is 4.92. The van der Waals surface area contributed by atoms with Crippen LogP contribution >= 0.6 is 0 Å². The molecule has 24 heavy (non-hydrogen) atoms. The fraction of sp³-hybridized carbons (Fsp3) is 0.412. The van der Waals surface area contributed by atoms with Crippen molar-refractivity contribution in [2.45, 2.75) is 33.6 Å². The average Bonchev–Trinajstić information content (AvgIpc) is 2.48. The second-order valence-electron chi connectivity index (χ2n) is 5.65. The van der Waals surface area contributed by atoms with E-state index < -0.39 is 34.6 Å². The molecule has 0 heterocycles. The van der Waals surface area contributed by atoms with Gasteiger partial charge in [-0.2, -0.15) is 13.2 Å². The van der Waals surface area contributed by atoms with E-state index in [0.29, 0.717) is 0 Å². The highest BCUT2D eigenvalue weighted by Crippen LogP contribution is 2.39. The lowest BCUT2D eigenvalue weighted by Gasteiger charge is -2.09. The molecule has 1 aromatic rings. The molecule has 0 unspecified atom stereocenters. The summed E-state index contributed by atoms with van der Waals surface area (Å²) in [5, 5.41) is 9.51. The van der Waals surface area contributed by atoms with Gasteiger partial charge in [0.25, 0.3) is 0 Å². The molecule has 0 spiro atoms. The maximum atomic E-state index is 13.9. The van der Waals surface area contributed by atoms with E-state index in [1.807, 2.05) is 20.8 Å². The standard InChI is InChI=1S/C17H20F3NO3/c1-10(2)6-5-7-11(3)8-9-24-17-13(19)12(18)15(21(4)23)16(22)14(17)20/h6,8H,5,7,9H2,1-4H3/p+1/b11-8+. The van der Waals surface area contributed by atoms with Gasteiger partial charge in [-0.25, -0.2) is 0 Å². The van der Waals surface area contributed by atoms with Crippen molar-refractivity contribution < 1.29 is 27.8 Å². The first-order chi connectivity index (χ1) is 11.2. The molecule has 0 aliphatic rings. The largest absolute Gasteiger partial charge is 0.500 e. The third-order valence-corrected chi connectivity index (χ3v) is 3.30. The summed E-state index contributed by atoms with van der Waals surface area (Å²) in [7, 11) is 0.816.